The van der Waals surface area contributed by atoms with E-state index in [1.165, 1.54) is 19.0 Å². The molecule has 8 nitrogen and oxygen atoms in total. The second-order valence-corrected chi connectivity index (χ2v) is 11.6. The van der Waals surface area contributed by atoms with Crippen LogP contribution in [0.15, 0.2) is 59.1 Å². The number of para-hydroxylation sites is 1. The molecule has 0 spiro atoms. The largest absolute Gasteiger partial charge is 0.354 e. The number of halogens is 1. The van der Waals surface area contributed by atoms with Gasteiger partial charge in [0.2, 0.25) is 11.8 Å². The minimum atomic E-state index is -3.95. The zero-order valence-electron chi connectivity index (χ0n) is 20.2. The van der Waals surface area contributed by atoms with Crippen LogP contribution in [0.5, 0.6) is 0 Å². The van der Waals surface area contributed by atoms with E-state index in [-0.39, 0.29) is 18.4 Å². The Morgan fingerprint density at radius 2 is 1.56 bits per heavy atom. The van der Waals surface area contributed by atoms with Gasteiger partial charge in [-0.3, -0.25) is 9.59 Å². The molecule has 0 fully saturated rings. The molecule has 0 bridgehead atoms. The van der Waals surface area contributed by atoms with Crippen molar-refractivity contribution in [2.24, 2.45) is 5.92 Å². The van der Waals surface area contributed by atoms with Gasteiger partial charge in [-0.15, -0.1) is 0 Å². The maximum absolute atomic E-state index is 13.6. The Morgan fingerprint density at radius 3 is 2.09 bits per heavy atom. The monoisotopic (exact) mass is 552 g/mol. The highest BCUT2D eigenvalue weighted by Gasteiger charge is 2.32. The lowest BCUT2D eigenvalue weighted by atomic mass is 10.1. The maximum Gasteiger partial charge on any atom is 0.304 e. The molecule has 0 aliphatic carbocycles. The number of hydrogen-bond donors (Lipinski definition) is 1. The van der Waals surface area contributed by atoms with Crippen molar-refractivity contribution >= 4 is 43.6 Å². The summed E-state index contributed by atoms with van der Waals surface area (Å²) in [5.41, 5.74) is 1.19. The van der Waals surface area contributed by atoms with E-state index in [2.05, 4.69) is 21.2 Å². The number of rotatable bonds is 11. The van der Waals surface area contributed by atoms with Gasteiger partial charge in [0.15, 0.2) is 0 Å². The lowest BCUT2D eigenvalue weighted by Crippen LogP contribution is -2.52. The van der Waals surface area contributed by atoms with Crippen molar-refractivity contribution in [3.8, 4) is 0 Å². The van der Waals surface area contributed by atoms with Crippen LogP contribution in [0.1, 0.15) is 26.3 Å². The quantitative estimate of drug-likeness (QED) is 0.463. The van der Waals surface area contributed by atoms with Crippen molar-refractivity contribution in [2.75, 3.05) is 31.5 Å². The Kier molecular flexibility index (Phi) is 10.1. The van der Waals surface area contributed by atoms with Crippen molar-refractivity contribution in [2.45, 2.75) is 33.4 Å². The van der Waals surface area contributed by atoms with Gasteiger partial charge in [0, 0.05) is 31.7 Å². The average molecular weight is 554 g/mol. The van der Waals surface area contributed by atoms with Gasteiger partial charge >= 0.3 is 10.2 Å². The van der Waals surface area contributed by atoms with Crippen LogP contribution in [-0.4, -0.2) is 62.7 Å². The van der Waals surface area contributed by atoms with E-state index in [1.54, 1.807) is 37.3 Å². The van der Waals surface area contributed by atoms with E-state index in [9.17, 15) is 18.0 Å². The van der Waals surface area contributed by atoms with Crippen LogP contribution in [0.3, 0.4) is 0 Å². The van der Waals surface area contributed by atoms with E-state index in [0.717, 1.165) is 18.6 Å². The van der Waals surface area contributed by atoms with E-state index in [4.69, 9.17) is 0 Å². The third kappa shape index (κ3) is 7.54. The van der Waals surface area contributed by atoms with Gasteiger partial charge in [0.1, 0.15) is 12.6 Å². The molecule has 1 N–H and O–H groups in total. The second kappa shape index (κ2) is 12.3. The molecule has 2 aromatic carbocycles. The van der Waals surface area contributed by atoms with Crippen LogP contribution < -0.4 is 9.62 Å². The van der Waals surface area contributed by atoms with Gasteiger partial charge in [-0.1, -0.05) is 60.1 Å². The minimum Gasteiger partial charge on any atom is -0.354 e. The van der Waals surface area contributed by atoms with Gasteiger partial charge in [-0.25, -0.2) is 4.31 Å². The van der Waals surface area contributed by atoms with Crippen LogP contribution >= 0.6 is 15.9 Å². The summed E-state index contributed by atoms with van der Waals surface area (Å²) in [6.45, 7) is 5.82. The standard InChI is InChI=1S/C24H33BrN4O4S/c1-18(2)15-26-24(31)19(3)28(16-20-11-13-21(25)14-12-20)23(30)17-29(34(32,33)27(4)5)22-9-7-6-8-10-22/h6-14,18-19H,15-17H2,1-5H3,(H,26,31)/t19-/m0/s1. The molecule has 0 saturated carbocycles. The zero-order valence-corrected chi connectivity index (χ0v) is 22.6. The van der Waals surface area contributed by atoms with Crippen molar-refractivity contribution in [3.05, 3.63) is 64.6 Å². The Balaban J connectivity index is 2.39. The van der Waals surface area contributed by atoms with Gasteiger partial charge < -0.3 is 10.2 Å². The first kappa shape index (κ1) is 27.8. The number of carbonyl (C=O) groups excluding carboxylic acids is 2. The van der Waals surface area contributed by atoms with Crippen molar-refractivity contribution < 1.29 is 18.0 Å². The second-order valence-electron chi connectivity index (χ2n) is 8.60. The number of nitrogens with one attached hydrogen (secondary N) is 1. The Hall–Kier alpha value is -2.43. The molecule has 0 saturated heterocycles. The smallest absolute Gasteiger partial charge is 0.304 e. The first-order valence-electron chi connectivity index (χ1n) is 11.0. The molecule has 1 atom stereocenters. The molecule has 0 aromatic heterocycles. The van der Waals surface area contributed by atoms with Gasteiger partial charge in [-0.05, 0) is 42.7 Å². The molecule has 2 amide bonds. The van der Waals surface area contributed by atoms with Crippen LogP contribution in [0.25, 0.3) is 0 Å². The summed E-state index contributed by atoms with van der Waals surface area (Å²) in [5, 5.41) is 2.87. The number of anilines is 1. The van der Waals surface area contributed by atoms with E-state index in [0.29, 0.717) is 12.2 Å². The number of amides is 2. The first-order valence-corrected chi connectivity index (χ1v) is 13.2. The molecule has 2 aromatic rings. The molecule has 0 aliphatic rings. The molecule has 0 heterocycles. The Labute approximate surface area is 211 Å². The fourth-order valence-electron chi connectivity index (χ4n) is 3.13. The summed E-state index contributed by atoms with van der Waals surface area (Å²) < 4.78 is 29.1. The summed E-state index contributed by atoms with van der Waals surface area (Å²) in [5.74, 6) is -0.518. The summed E-state index contributed by atoms with van der Waals surface area (Å²) in [6, 6.07) is 15.1. The molecule has 0 unspecified atom stereocenters. The molecular formula is C24H33BrN4O4S. The van der Waals surface area contributed by atoms with Crippen molar-refractivity contribution in [3.63, 3.8) is 0 Å². The van der Waals surface area contributed by atoms with Crippen molar-refractivity contribution in [1.29, 1.82) is 0 Å². The molecule has 10 heteroatoms. The molecular weight excluding hydrogens is 520 g/mol. The topological polar surface area (TPSA) is 90.0 Å². The predicted molar refractivity (Wildman–Crippen MR) is 138 cm³/mol. The summed E-state index contributed by atoms with van der Waals surface area (Å²) in [4.78, 5) is 27.8. The van der Waals surface area contributed by atoms with Crippen LogP contribution in [-0.2, 0) is 26.3 Å². The predicted octanol–water partition coefficient (Wildman–Crippen LogP) is 3.25. The van der Waals surface area contributed by atoms with Crippen LogP contribution in [0, 0.1) is 5.92 Å². The van der Waals surface area contributed by atoms with E-state index >= 15 is 0 Å². The fourth-order valence-corrected chi connectivity index (χ4v) is 4.45. The van der Waals surface area contributed by atoms with Crippen molar-refractivity contribution in [1.82, 2.24) is 14.5 Å². The maximum atomic E-state index is 13.6. The van der Waals surface area contributed by atoms with Gasteiger partial charge in [0.25, 0.3) is 0 Å². The van der Waals surface area contributed by atoms with Gasteiger partial charge in [0.05, 0.1) is 5.69 Å². The molecule has 2 rings (SSSR count). The molecule has 0 radical (unpaired) electrons. The molecule has 186 valence electrons. The summed E-state index contributed by atoms with van der Waals surface area (Å²) >= 11 is 3.40. The highest BCUT2D eigenvalue weighted by molar-refractivity contribution is 9.10. The first-order chi connectivity index (χ1) is 15.9. The van der Waals surface area contributed by atoms with E-state index < -0.39 is 28.7 Å². The summed E-state index contributed by atoms with van der Waals surface area (Å²) in [7, 11) is -1.13. The third-order valence-corrected chi connectivity index (χ3v) is 7.53. The Morgan fingerprint density at radius 1 is 0.971 bits per heavy atom. The zero-order chi connectivity index (χ0) is 25.5. The van der Waals surface area contributed by atoms with Crippen LogP contribution in [0.2, 0.25) is 0 Å². The lowest BCUT2D eigenvalue weighted by Gasteiger charge is -2.33. The SMILES string of the molecule is CC(C)CNC(=O)[C@H](C)N(Cc1ccc(Br)cc1)C(=O)CN(c1ccccc1)S(=O)(=O)N(C)C. The minimum absolute atomic E-state index is 0.160. The highest BCUT2D eigenvalue weighted by Crippen LogP contribution is 2.21. The average Bonchev–Trinajstić information content (AvgIpc) is 2.80. The van der Waals surface area contributed by atoms with Gasteiger partial charge in [-0.2, -0.15) is 12.7 Å². The fraction of sp³-hybridized carbons (Fsp3) is 0.417. The number of nitrogens with zero attached hydrogens (tertiary/aromatic N) is 3. The normalized spacial score (nSPS) is 12.5. The highest BCUT2D eigenvalue weighted by atomic mass is 79.9. The Bertz CT molecular complexity index is 1060. The number of carbonyl (C=O) groups is 2. The number of hydrogen-bond acceptors (Lipinski definition) is 4. The lowest BCUT2D eigenvalue weighted by molar-refractivity contribution is -0.139. The molecule has 34 heavy (non-hydrogen) atoms. The molecule has 0 aliphatic heterocycles. The third-order valence-electron chi connectivity index (χ3n) is 5.18. The summed E-state index contributed by atoms with van der Waals surface area (Å²) in [6.07, 6.45) is 0. The number of benzene rings is 2. The van der Waals surface area contributed by atoms with E-state index in [1.807, 2.05) is 38.1 Å². The van der Waals surface area contributed by atoms with Crippen LogP contribution in [0.4, 0.5) is 5.69 Å².